The molecule has 0 amide bonds. The highest BCUT2D eigenvalue weighted by molar-refractivity contribution is 6.32. The molecular formula is C17H11ClF5N5O. The predicted molar refractivity (Wildman–Crippen MR) is 91.3 cm³/mol. The first-order valence-corrected chi connectivity index (χ1v) is 8.66. The van der Waals surface area contributed by atoms with Crippen LogP contribution < -0.4 is 5.32 Å². The third kappa shape index (κ3) is 3.74. The van der Waals surface area contributed by atoms with Crippen LogP contribution in [0.5, 0.6) is 0 Å². The lowest BCUT2D eigenvalue weighted by Crippen LogP contribution is -2.22. The van der Waals surface area contributed by atoms with E-state index >= 15 is 0 Å². The van der Waals surface area contributed by atoms with Gasteiger partial charge in [-0.3, -0.25) is 0 Å². The minimum absolute atomic E-state index is 0.133. The zero-order chi connectivity index (χ0) is 20.8. The predicted octanol–water partition coefficient (Wildman–Crippen LogP) is 5.24. The van der Waals surface area contributed by atoms with Crippen molar-refractivity contribution in [2.75, 3.05) is 5.32 Å². The van der Waals surface area contributed by atoms with E-state index in [1.807, 2.05) is 0 Å². The van der Waals surface area contributed by atoms with Crippen molar-refractivity contribution >= 4 is 17.5 Å². The Balaban J connectivity index is 1.57. The van der Waals surface area contributed by atoms with Crippen LogP contribution >= 0.6 is 11.6 Å². The smallest absolute Gasteiger partial charge is 0.415 e. The lowest BCUT2D eigenvalue weighted by atomic mass is 10.0. The topological polar surface area (TPSA) is 76.7 Å². The zero-order valence-corrected chi connectivity index (χ0v) is 15.1. The van der Waals surface area contributed by atoms with Gasteiger partial charge in [0.1, 0.15) is 0 Å². The Hall–Kier alpha value is -2.82. The Morgan fingerprint density at radius 3 is 2.34 bits per heavy atom. The molecule has 0 bridgehead atoms. The normalized spacial score (nSPS) is 15.6. The van der Waals surface area contributed by atoms with Gasteiger partial charge in [0.25, 0.3) is 11.8 Å². The molecule has 0 unspecified atom stereocenters. The Morgan fingerprint density at radius 2 is 1.79 bits per heavy atom. The molecule has 2 aromatic heterocycles. The zero-order valence-electron chi connectivity index (χ0n) is 14.3. The number of aromatic nitrogens is 4. The minimum Gasteiger partial charge on any atom is -0.415 e. The molecule has 0 atom stereocenters. The molecule has 3 aromatic rings. The highest BCUT2D eigenvalue weighted by Gasteiger charge is 2.48. The van der Waals surface area contributed by atoms with Crippen molar-refractivity contribution in [2.24, 2.45) is 0 Å². The molecule has 0 aliphatic heterocycles. The molecule has 2 heterocycles. The van der Waals surface area contributed by atoms with Crippen LogP contribution in [0.15, 0.2) is 35.0 Å². The van der Waals surface area contributed by atoms with Gasteiger partial charge in [-0.1, -0.05) is 23.7 Å². The fourth-order valence-corrected chi connectivity index (χ4v) is 3.28. The summed E-state index contributed by atoms with van der Waals surface area (Å²) in [5, 5.41) is 9.35. The summed E-state index contributed by atoms with van der Waals surface area (Å²) in [6, 6.07) is 3.74. The van der Waals surface area contributed by atoms with Crippen molar-refractivity contribution in [3.63, 3.8) is 0 Å². The molecule has 6 nitrogen and oxygen atoms in total. The van der Waals surface area contributed by atoms with Crippen molar-refractivity contribution < 1.29 is 26.4 Å². The summed E-state index contributed by atoms with van der Waals surface area (Å²) in [5.41, 5.74) is -1.20. The summed E-state index contributed by atoms with van der Waals surface area (Å²) in [7, 11) is 0. The Bertz CT molecular complexity index is 1030. The molecule has 1 aliphatic carbocycles. The van der Waals surface area contributed by atoms with Gasteiger partial charge in [-0.2, -0.15) is 22.0 Å². The minimum atomic E-state index is -4.57. The lowest BCUT2D eigenvalue weighted by molar-refractivity contribution is -0.137. The van der Waals surface area contributed by atoms with E-state index in [-0.39, 0.29) is 22.4 Å². The number of benzene rings is 1. The van der Waals surface area contributed by atoms with E-state index in [1.54, 1.807) is 0 Å². The van der Waals surface area contributed by atoms with E-state index in [1.165, 1.54) is 24.5 Å². The third-order valence-electron chi connectivity index (χ3n) is 4.45. The van der Waals surface area contributed by atoms with Gasteiger partial charge in [-0.25, -0.2) is 9.97 Å². The van der Waals surface area contributed by atoms with E-state index in [0.29, 0.717) is 18.4 Å². The standard InChI is InChI=1S/C17H11ClF5N5O/c18-11-9(2-1-3-10(11)17(21,22)23)16(4-5-16)26-15-24-6-8(7-25-15)13-27-28-14(29-13)12(19)20/h1-3,6-7,12H,4-5H2,(H,24,25,26). The molecule has 29 heavy (non-hydrogen) atoms. The van der Waals surface area contributed by atoms with Crippen molar-refractivity contribution in [1.82, 2.24) is 20.2 Å². The van der Waals surface area contributed by atoms with Gasteiger partial charge in [-0.15, -0.1) is 10.2 Å². The molecule has 1 aromatic carbocycles. The number of nitrogens with zero attached hydrogens (tertiary/aromatic N) is 4. The molecule has 1 fully saturated rings. The monoisotopic (exact) mass is 431 g/mol. The Morgan fingerprint density at radius 1 is 1.10 bits per heavy atom. The average Bonchev–Trinajstić information content (AvgIpc) is 3.25. The van der Waals surface area contributed by atoms with Crippen molar-refractivity contribution in [3.05, 3.63) is 52.6 Å². The molecule has 12 heteroatoms. The van der Waals surface area contributed by atoms with Gasteiger partial charge in [0.05, 0.1) is 21.7 Å². The van der Waals surface area contributed by atoms with E-state index < -0.39 is 29.6 Å². The van der Waals surface area contributed by atoms with E-state index in [2.05, 4.69) is 25.5 Å². The van der Waals surface area contributed by atoms with Crippen LogP contribution in [0, 0.1) is 0 Å². The molecule has 1 aliphatic rings. The second kappa shape index (κ2) is 6.90. The third-order valence-corrected chi connectivity index (χ3v) is 4.85. The fraction of sp³-hybridized carbons (Fsp3) is 0.294. The second-order valence-electron chi connectivity index (χ2n) is 6.41. The highest BCUT2D eigenvalue weighted by atomic mass is 35.5. The SMILES string of the molecule is FC(F)c1nnc(-c2cnc(NC3(c4cccc(C(F)(F)F)c4Cl)CC3)nc2)o1. The first kappa shape index (κ1) is 19.5. The number of rotatable bonds is 5. The van der Waals surface area contributed by atoms with E-state index in [4.69, 9.17) is 16.0 Å². The molecule has 1 saturated carbocycles. The summed E-state index contributed by atoms with van der Waals surface area (Å²) in [6.45, 7) is 0. The maximum absolute atomic E-state index is 13.1. The molecular weight excluding hydrogens is 421 g/mol. The van der Waals surface area contributed by atoms with Crippen LogP contribution in [0.4, 0.5) is 27.9 Å². The Kier molecular flexibility index (Phi) is 4.64. The molecule has 0 radical (unpaired) electrons. The number of anilines is 1. The van der Waals surface area contributed by atoms with Gasteiger partial charge in [-0.05, 0) is 24.5 Å². The first-order valence-electron chi connectivity index (χ1n) is 8.28. The van der Waals surface area contributed by atoms with Crippen LogP contribution in [-0.2, 0) is 11.7 Å². The molecule has 1 N–H and O–H groups in total. The largest absolute Gasteiger partial charge is 0.417 e. The maximum Gasteiger partial charge on any atom is 0.417 e. The fourth-order valence-electron chi connectivity index (χ4n) is 2.86. The van der Waals surface area contributed by atoms with Gasteiger partial charge in [0, 0.05) is 12.4 Å². The van der Waals surface area contributed by atoms with Crippen LogP contribution in [-0.4, -0.2) is 20.2 Å². The summed E-state index contributed by atoms with van der Waals surface area (Å²) in [4.78, 5) is 8.12. The lowest BCUT2D eigenvalue weighted by Gasteiger charge is -2.21. The second-order valence-corrected chi connectivity index (χ2v) is 6.79. The molecule has 0 saturated heterocycles. The number of hydrogen-bond donors (Lipinski definition) is 1. The number of halogens is 6. The van der Waals surface area contributed by atoms with Gasteiger partial charge < -0.3 is 9.73 Å². The van der Waals surface area contributed by atoms with Crippen LogP contribution in [0.25, 0.3) is 11.5 Å². The van der Waals surface area contributed by atoms with Gasteiger partial charge in [0.2, 0.25) is 5.95 Å². The summed E-state index contributed by atoms with van der Waals surface area (Å²) in [6.07, 6.45) is -3.82. The first-order chi connectivity index (χ1) is 13.7. The average molecular weight is 432 g/mol. The van der Waals surface area contributed by atoms with Crippen LogP contribution in [0.1, 0.15) is 36.3 Å². The maximum atomic E-state index is 13.1. The van der Waals surface area contributed by atoms with Crippen LogP contribution in [0.2, 0.25) is 5.02 Å². The van der Waals surface area contributed by atoms with E-state index in [9.17, 15) is 22.0 Å². The molecule has 4 rings (SSSR count). The van der Waals surface area contributed by atoms with Gasteiger partial charge >= 0.3 is 12.6 Å². The Labute approximate surface area is 165 Å². The van der Waals surface area contributed by atoms with Crippen molar-refractivity contribution in [1.29, 1.82) is 0 Å². The van der Waals surface area contributed by atoms with Gasteiger partial charge in [0.15, 0.2) is 0 Å². The highest BCUT2D eigenvalue weighted by Crippen LogP contribution is 2.52. The van der Waals surface area contributed by atoms with E-state index in [0.717, 1.165) is 6.07 Å². The van der Waals surface area contributed by atoms with Crippen molar-refractivity contribution in [3.8, 4) is 11.5 Å². The molecule has 152 valence electrons. The number of hydrogen-bond acceptors (Lipinski definition) is 6. The summed E-state index contributed by atoms with van der Waals surface area (Å²) >= 11 is 6.03. The molecule has 0 spiro atoms. The van der Waals surface area contributed by atoms with Crippen molar-refractivity contribution in [2.45, 2.75) is 31.0 Å². The quantitative estimate of drug-likeness (QED) is 0.557. The number of alkyl halides is 5. The summed E-state index contributed by atoms with van der Waals surface area (Å²) in [5.74, 6) is -0.861. The summed E-state index contributed by atoms with van der Waals surface area (Å²) < 4.78 is 69.3. The number of nitrogens with one attached hydrogen (secondary N) is 1. The van der Waals surface area contributed by atoms with Crippen LogP contribution in [0.3, 0.4) is 0 Å².